The first-order chi connectivity index (χ1) is 6.15. The Morgan fingerprint density at radius 1 is 1.62 bits per heavy atom. The lowest BCUT2D eigenvalue weighted by atomic mass is 10.2. The fourth-order valence-electron chi connectivity index (χ4n) is 1.07. The highest BCUT2D eigenvalue weighted by molar-refractivity contribution is 5.20. The van der Waals surface area contributed by atoms with E-state index in [1.54, 1.807) is 0 Å². The number of aryl methyl sites for hydroxylation is 2. The van der Waals surface area contributed by atoms with E-state index in [0.29, 0.717) is 6.54 Å². The van der Waals surface area contributed by atoms with Crippen LogP contribution >= 0.6 is 0 Å². The summed E-state index contributed by atoms with van der Waals surface area (Å²) in [7, 11) is 0. The standard InChI is InChI=1S/C10H14N2O/c1-5-7(2)11-6-10-8(3)12-13-9(10)4/h1,7,11H,6H2,2-4H3. The van der Waals surface area contributed by atoms with Gasteiger partial charge in [0.15, 0.2) is 0 Å². The monoisotopic (exact) mass is 178 g/mol. The summed E-state index contributed by atoms with van der Waals surface area (Å²) in [6.45, 7) is 6.48. The third-order valence-corrected chi connectivity index (χ3v) is 2.02. The Balaban J connectivity index is 2.60. The molecule has 3 heteroatoms. The summed E-state index contributed by atoms with van der Waals surface area (Å²) >= 11 is 0. The lowest BCUT2D eigenvalue weighted by molar-refractivity contribution is 0.391. The zero-order chi connectivity index (χ0) is 9.84. The summed E-state index contributed by atoms with van der Waals surface area (Å²) < 4.78 is 5.02. The molecule has 1 heterocycles. The molecule has 0 aromatic carbocycles. The Hall–Kier alpha value is -1.27. The second-order valence-corrected chi connectivity index (χ2v) is 3.07. The molecule has 3 nitrogen and oxygen atoms in total. The average Bonchev–Trinajstić information content (AvgIpc) is 2.43. The minimum atomic E-state index is 0.0775. The van der Waals surface area contributed by atoms with Crippen molar-refractivity contribution >= 4 is 0 Å². The van der Waals surface area contributed by atoms with Crippen molar-refractivity contribution in [2.45, 2.75) is 33.4 Å². The van der Waals surface area contributed by atoms with E-state index in [-0.39, 0.29) is 6.04 Å². The highest BCUT2D eigenvalue weighted by atomic mass is 16.5. The Bertz CT molecular complexity index is 303. The van der Waals surface area contributed by atoms with Crippen LogP contribution in [-0.2, 0) is 6.54 Å². The van der Waals surface area contributed by atoms with Crippen LogP contribution in [0.25, 0.3) is 0 Å². The number of rotatable bonds is 3. The van der Waals surface area contributed by atoms with Gasteiger partial charge in [-0.2, -0.15) is 0 Å². The average molecular weight is 178 g/mol. The smallest absolute Gasteiger partial charge is 0.138 e. The van der Waals surface area contributed by atoms with Crippen molar-refractivity contribution in [3.63, 3.8) is 0 Å². The Labute approximate surface area is 78.5 Å². The van der Waals surface area contributed by atoms with E-state index in [1.165, 1.54) is 0 Å². The Morgan fingerprint density at radius 3 is 2.77 bits per heavy atom. The molecule has 0 aliphatic heterocycles. The Kier molecular flexibility index (Phi) is 3.10. The van der Waals surface area contributed by atoms with E-state index in [2.05, 4.69) is 16.4 Å². The zero-order valence-corrected chi connectivity index (χ0v) is 8.22. The minimum absolute atomic E-state index is 0.0775. The molecule has 0 amide bonds. The topological polar surface area (TPSA) is 38.1 Å². The fourth-order valence-corrected chi connectivity index (χ4v) is 1.07. The molecule has 0 radical (unpaired) electrons. The molecule has 0 aliphatic carbocycles. The van der Waals surface area contributed by atoms with Gasteiger partial charge in [-0.3, -0.25) is 5.32 Å². The predicted molar refractivity (Wildman–Crippen MR) is 51.1 cm³/mol. The molecule has 1 N–H and O–H groups in total. The van der Waals surface area contributed by atoms with Crippen LogP contribution in [0.3, 0.4) is 0 Å². The minimum Gasteiger partial charge on any atom is -0.361 e. The van der Waals surface area contributed by atoms with Gasteiger partial charge in [0.05, 0.1) is 11.7 Å². The van der Waals surface area contributed by atoms with Crippen molar-refractivity contribution in [2.24, 2.45) is 0 Å². The second kappa shape index (κ2) is 4.11. The molecule has 1 aromatic rings. The van der Waals surface area contributed by atoms with Gasteiger partial charge in [-0.1, -0.05) is 11.1 Å². The molecule has 0 saturated heterocycles. The predicted octanol–water partition coefficient (Wildman–Crippen LogP) is 1.40. The van der Waals surface area contributed by atoms with Crippen LogP contribution in [0.2, 0.25) is 0 Å². The number of hydrogen-bond acceptors (Lipinski definition) is 3. The second-order valence-electron chi connectivity index (χ2n) is 3.07. The lowest BCUT2D eigenvalue weighted by Crippen LogP contribution is -2.23. The van der Waals surface area contributed by atoms with Gasteiger partial charge < -0.3 is 4.52 Å². The lowest BCUT2D eigenvalue weighted by Gasteiger charge is -2.06. The van der Waals surface area contributed by atoms with Gasteiger partial charge in [0.2, 0.25) is 0 Å². The molecule has 1 aromatic heterocycles. The maximum Gasteiger partial charge on any atom is 0.138 e. The van der Waals surface area contributed by atoms with Crippen LogP contribution in [0.1, 0.15) is 23.9 Å². The van der Waals surface area contributed by atoms with Crippen LogP contribution in [-0.4, -0.2) is 11.2 Å². The van der Waals surface area contributed by atoms with E-state index in [4.69, 9.17) is 10.9 Å². The van der Waals surface area contributed by atoms with Crippen LogP contribution < -0.4 is 5.32 Å². The third kappa shape index (κ3) is 2.33. The number of nitrogens with one attached hydrogen (secondary N) is 1. The summed E-state index contributed by atoms with van der Waals surface area (Å²) in [4.78, 5) is 0. The van der Waals surface area contributed by atoms with Gasteiger partial charge in [-0.25, -0.2) is 0 Å². The quantitative estimate of drug-likeness (QED) is 0.711. The molecular weight excluding hydrogens is 164 g/mol. The summed E-state index contributed by atoms with van der Waals surface area (Å²) in [5.74, 6) is 3.46. The highest BCUT2D eigenvalue weighted by Gasteiger charge is 2.08. The molecule has 70 valence electrons. The largest absolute Gasteiger partial charge is 0.361 e. The highest BCUT2D eigenvalue weighted by Crippen LogP contribution is 2.11. The summed E-state index contributed by atoms with van der Waals surface area (Å²) in [5, 5.41) is 7.03. The SMILES string of the molecule is C#CC(C)NCc1c(C)noc1C. The number of terminal acetylenes is 1. The van der Waals surface area contributed by atoms with Gasteiger partial charge in [-0.05, 0) is 20.8 Å². The van der Waals surface area contributed by atoms with E-state index in [9.17, 15) is 0 Å². The van der Waals surface area contributed by atoms with Crippen LogP contribution in [0.4, 0.5) is 0 Å². The van der Waals surface area contributed by atoms with E-state index >= 15 is 0 Å². The molecule has 1 rings (SSSR count). The molecule has 1 atom stereocenters. The molecule has 0 bridgehead atoms. The van der Waals surface area contributed by atoms with Crippen LogP contribution in [0.5, 0.6) is 0 Å². The van der Waals surface area contributed by atoms with Crippen LogP contribution in [0, 0.1) is 26.2 Å². The molecule has 0 fully saturated rings. The van der Waals surface area contributed by atoms with Gasteiger partial charge in [-0.15, -0.1) is 6.42 Å². The molecule has 0 spiro atoms. The third-order valence-electron chi connectivity index (χ3n) is 2.02. The van der Waals surface area contributed by atoms with E-state index in [0.717, 1.165) is 17.0 Å². The van der Waals surface area contributed by atoms with Crippen molar-refractivity contribution in [3.8, 4) is 12.3 Å². The van der Waals surface area contributed by atoms with Crippen LogP contribution in [0.15, 0.2) is 4.52 Å². The first-order valence-electron chi connectivity index (χ1n) is 4.26. The number of hydrogen-bond donors (Lipinski definition) is 1. The first-order valence-corrected chi connectivity index (χ1v) is 4.26. The van der Waals surface area contributed by atoms with Crippen molar-refractivity contribution in [1.82, 2.24) is 10.5 Å². The number of aromatic nitrogens is 1. The molecule has 0 saturated carbocycles. The van der Waals surface area contributed by atoms with Gasteiger partial charge >= 0.3 is 0 Å². The normalized spacial score (nSPS) is 12.5. The van der Waals surface area contributed by atoms with Crippen molar-refractivity contribution in [2.75, 3.05) is 0 Å². The number of nitrogens with zero attached hydrogens (tertiary/aromatic N) is 1. The van der Waals surface area contributed by atoms with Gasteiger partial charge in [0.1, 0.15) is 5.76 Å². The molecule has 1 unspecified atom stereocenters. The van der Waals surface area contributed by atoms with E-state index < -0.39 is 0 Å². The maximum atomic E-state index is 5.24. The maximum absolute atomic E-state index is 5.24. The van der Waals surface area contributed by atoms with Crippen molar-refractivity contribution < 1.29 is 4.52 Å². The Morgan fingerprint density at radius 2 is 2.31 bits per heavy atom. The first kappa shape index (κ1) is 9.82. The molecule has 13 heavy (non-hydrogen) atoms. The zero-order valence-electron chi connectivity index (χ0n) is 8.22. The summed E-state index contributed by atoms with van der Waals surface area (Å²) in [6.07, 6.45) is 5.24. The van der Waals surface area contributed by atoms with Crippen molar-refractivity contribution in [1.29, 1.82) is 0 Å². The fraction of sp³-hybridized carbons (Fsp3) is 0.500. The molecular formula is C10H14N2O. The summed E-state index contributed by atoms with van der Waals surface area (Å²) in [5.41, 5.74) is 2.02. The van der Waals surface area contributed by atoms with Gasteiger partial charge in [0, 0.05) is 12.1 Å². The van der Waals surface area contributed by atoms with E-state index in [1.807, 2.05) is 20.8 Å². The summed E-state index contributed by atoms with van der Waals surface area (Å²) in [6, 6.07) is 0.0775. The van der Waals surface area contributed by atoms with Gasteiger partial charge in [0.25, 0.3) is 0 Å². The van der Waals surface area contributed by atoms with Crippen molar-refractivity contribution in [3.05, 3.63) is 17.0 Å². The molecule has 0 aliphatic rings.